The maximum atomic E-state index is 14.0. The van der Waals surface area contributed by atoms with Crippen LogP contribution in [-0.2, 0) is 38.4 Å². The van der Waals surface area contributed by atoms with E-state index in [-0.39, 0.29) is 55.4 Å². The highest BCUT2D eigenvalue weighted by Crippen LogP contribution is 2.26. The third-order valence-electron chi connectivity index (χ3n) is 8.02. The number of aliphatic imine (C=N–C) groups is 1. The number of nitrogens with one attached hydrogen (secondary N) is 6. The first-order valence-electron chi connectivity index (χ1n) is 16.5. The van der Waals surface area contributed by atoms with Crippen LogP contribution >= 0.6 is 21.6 Å². The lowest BCUT2D eigenvalue weighted by Gasteiger charge is -2.30. The van der Waals surface area contributed by atoms with Crippen LogP contribution in [0.15, 0.2) is 23.5 Å². The number of amides is 7. The topological polar surface area (TPSA) is 326 Å². The highest BCUT2D eigenvalue weighted by atomic mass is 33.1. The molecule has 5 atom stereocenters. The molecule has 20 nitrogen and oxygen atoms in total. The molecule has 3 rings (SSSR count). The van der Waals surface area contributed by atoms with Crippen LogP contribution < -0.4 is 43.8 Å². The van der Waals surface area contributed by atoms with Crippen molar-refractivity contribution in [1.29, 1.82) is 0 Å². The highest BCUT2D eigenvalue weighted by molar-refractivity contribution is 8.76. The number of carboxylic acids is 1. The van der Waals surface area contributed by atoms with E-state index in [0.717, 1.165) is 0 Å². The number of hydrogen-bond acceptors (Lipinski definition) is 11. The number of unbranched alkanes of at least 4 members (excludes halogenated alkanes) is 1. The number of nitrogens with zero attached hydrogens (tertiary/aromatic N) is 2. The van der Waals surface area contributed by atoms with E-state index in [9.17, 15) is 43.5 Å². The molecule has 1 aromatic heterocycles. The van der Waals surface area contributed by atoms with Crippen molar-refractivity contribution in [2.75, 3.05) is 31.1 Å². The van der Waals surface area contributed by atoms with E-state index in [1.54, 1.807) is 0 Å². The van der Waals surface area contributed by atoms with Crippen molar-refractivity contribution in [3.8, 4) is 0 Å². The lowest BCUT2D eigenvalue weighted by Crippen LogP contribution is -2.56. The predicted molar refractivity (Wildman–Crippen MR) is 191 cm³/mol. The summed E-state index contributed by atoms with van der Waals surface area (Å²) in [6.07, 6.45) is 3.82. The van der Waals surface area contributed by atoms with Crippen LogP contribution in [0.5, 0.6) is 0 Å². The summed E-state index contributed by atoms with van der Waals surface area (Å²) in [6, 6.07) is -4.73. The molecule has 0 bridgehead atoms. The molecule has 7 amide bonds. The van der Waals surface area contributed by atoms with E-state index in [4.69, 9.17) is 17.2 Å². The van der Waals surface area contributed by atoms with Gasteiger partial charge in [0.1, 0.15) is 30.2 Å². The number of carbonyl (C=O) groups excluding carboxylic acids is 7. The largest absolute Gasteiger partial charge is 0.481 e. The number of nitrogens with two attached hydrogens (primary N) is 3. The summed E-state index contributed by atoms with van der Waals surface area (Å²) in [6.45, 7) is -0.232. The number of aromatic amines is 1. The van der Waals surface area contributed by atoms with Crippen molar-refractivity contribution in [3.05, 3.63) is 24.0 Å². The number of aromatic nitrogens is 1. The molecule has 2 unspecified atom stereocenters. The standard InChI is InChI=1S/C30H45N11O9S2/c31-25(46)19-15-52-51-11-7-21(42)37-17(4-1-2-8-35-30(32)33)26(47)36-14-22(43)38-18(12-23(44)45)27(48)40-24(16-6-9-34-13-16)29(50)41-10-3-5-20(41)28(49)39-19/h6,9,13,17-20,24,34H,1-5,7-8,10-12,14-15H2,(H2,31,46)(H,36,47)(H,37,42)(H,38,43)(H,39,49)(H,40,48)(H,44,45)(H4,32,33,35)/t17-,18-,19?,20-,24?/m0/s1. The smallest absolute Gasteiger partial charge is 0.305 e. The number of fused-ring (bicyclic) bond motifs is 1. The van der Waals surface area contributed by atoms with Crippen LogP contribution in [0.4, 0.5) is 0 Å². The minimum absolute atomic E-state index is 0.0169. The molecule has 0 aliphatic carbocycles. The first-order chi connectivity index (χ1) is 24.8. The minimum atomic E-state index is -1.67. The van der Waals surface area contributed by atoms with Gasteiger partial charge in [0.05, 0.1) is 13.0 Å². The van der Waals surface area contributed by atoms with Gasteiger partial charge in [-0.1, -0.05) is 21.6 Å². The molecule has 0 saturated carbocycles. The Morgan fingerprint density at radius 3 is 2.35 bits per heavy atom. The summed E-state index contributed by atoms with van der Waals surface area (Å²) in [4.78, 5) is 112. The van der Waals surface area contributed by atoms with Crippen molar-refractivity contribution in [2.45, 2.75) is 75.2 Å². The number of carbonyl (C=O) groups is 8. The molecule has 13 N–H and O–H groups in total. The number of aliphatic carboxylic acids is 1. The van der Waals surface area contributed by atoms with Gasteiger partial charge in [-0.25, -0.2) is 0 Å². The summed E-state index contributed by atoms with van der Waals surface area (Å²) in [5, 5.41) is 22.0. The van der Waals surface area contributed by atoms with Crippen LogP contribution in [0.3, 0.4) is 0 Å². The molecule has 0 spiro atoms. The zero-order valence-corrected chi connectivity index (χ0v) is 29.9. The fourth-order valence-corrected chi connectivity index (χ4v) is 7.58. The lowest BCUT2D eigenvalue weighted by atomic mass is 10.1. The van der Waals surface area contributed by atoms with E-state index in [0.29, 0.717) is 19.3 Å². The van der Waals surface area contributed by atoms with E-state index in [2.05, 4.69) is 36.6 Å². The van der Waals surface area contributed by atoms with E-state index < -0.39 is 90.5 Å². The second-order valence-electron chi connectivity index (χ2n) is 12.0. The number of H-pyrrole nitrogens is 1. The Morgan fingerprint density at radius 1 is 0.923 bits per heavy atom. The first-order valence-corrected chi connectivity index (χ1v) is 19.0. The SMILES string of the molecule is NC(=O)C1CSSCCC(=O)N[C@@H](CCCCN=C(N)N)C(=O)NCC(=O)N[C@@H](CC(=O)O)C(=O)NC(c2cc[nH]c2)C(=O)N2CCC[C@H]2C(=O)N1. The van der Waals surface area contributed by atoms with Crippen molar-refractivity contribution in [2.24, 2.45) is 22.2 Å². The van der Waals surface area contributed by atoms with Gasteiger partial charge in [0.15, 0.2) is 5.96 Å². The Balaban J connectivity index is 1.87. The molecule has 52 heavy (non-hydrogen) atoms. The van der Waals surface area contributed by atoms with Gasteiger partial charge in [-0.2, -0.15) is 0 Å². The molecule has 0 radical (unpaired) electrons. The average molecular weight is 768 g/mol. The van der Waals surface area contributed by atoms with Crippen LogP contribution in [0.1, 0.15) is 56.6 Å². The zero-order valence-electron chi connectivity index (χ0n) is 28.3. The van der Waals surface area contributed by atoms with E-state index >= 15 is 0 Å². The second-order valence-corrected chi connectivity index (χ2v) is 14.6. The second kappa shape index (κ2) is 20.8. The van der Waals surface area contributed by atoms with Crippen LogP contribution in [0.2, 0.25) is 0 Å². The maximum absolute atomic E-state index is 14.0. The molecular formula is C30H45N11O9S2. The van der Waals surface area contributed by atoms with E-state index in [1.807, 2.05) is 0 Å². The molecule has 2 aliphatic heterocycles. The Kier molecular flexibility index (Phi) is 16.5. The fourth-order valence-electron chi connectivity index (χ4n) is 5.41. The average Bonchev–Trinajstić information content (AvgIpc) is 3.80. The summed E-state index contributed by atoms with van der Waals surface area (Å²) in [7, 11) is 2.44. The van der Waals surface area contributed by atoms with Gasteiger partial charge >= 0.3 is 5.97 Å². The highest BCUT2D eigenvalue weighted by Gasteiger charge is 2.40. The third-order valence-corrected chi connectivity index (χ3v) is 10.4. The molecule has 2 fully saturated rings. The predicted octanol–water partition coefficient (Wildman–Crippen LogP) is -3.08. The van der Waals surface area contributed by atoms with Gasteiger partial charge in [-0.15, -0.1) is 0 Å². The number of guanidine groups is 1. The summed E-state index contributed by atoms with van der Waals surface area (Å²) in [5.74, 6) is -6.43. The van der Waals surface area contributed by atoms with Crippen molar-refractivity contribution >= 4 is 74.9 Å². The Morgan fingerprint density at radius 2 is 1.67 bits per heavy atom. The Labute approximate surface area is 306 Å². The molecule has 1 aromatic rings. The monoisotopic (exact) mass is 767 g/mol. The van der Waals surface area contributed by atoms with Gasteiger partial charge in [-0.05, 0) is 38.2 Å². The quantitative estimate of drug-likeness (QED) is 0.0517. The van der Waals surface area contributed by atoms with Crippen LogP contribution in [0.25, 0.3) is 0 Å². The number of primary amides is 1. The Hall–Kier alpha value is -4.99. The lowest BCUT2D eigenvalue weighted by molar-refractivity contribution is -0.143. The van der Waals surface area contributed by atoms with Crippen LogP contribution in [-0.4, -0.2) is 124 Å². The third kappa shape index (κ3) is 13.3. The molecule has 22 heteroatoms. The number of hydrogen-bond donors (Lipinski definition) is 10. The molecule has 3 heterocycles. The van der Waals surface area contributed by atoms with Gasteiger partial charge in [0.25, 0.3) is 5.91 Å². The Bertz CT molecular complexity index is 1490. The fraction of sp³-hybridized carbons (Fsp3) is 0.567. The molecular weight excluding hydrogens is 723 g/mol. The minimum Gasteiger partial charge on any atom is -0.481 e. The maximum Gasteiger partial charge on any atom is 0.305 e. The zero-order chi connectivity index (χ0) is 38.2. The van der Waals surface area contributed by atoms with Gasteiger partial charge < -0.3 is 58.8 Å². The normalized spacial score (nSPS) is 24.7. The van der Waals surface area contributed by atoms with Crippen molar-refractivity contribution in [1.82, 2.24) is 36.5 Å². The summed E-state index contributed by atoms with van der Waals surface area (Å²) in [5.41, 5.74) is 16.5. The summed E-state index contributed by atoms with van der Waals surface area (Å²) >= 11 is 0. The van der Waals surface area contributed by atoms with Gasteiger partial charge in [0, 0.05) is 49.0 Å². The van der Waals surface area contributed by atoms with Gasteiger partial charge in [-0.3, -0.25) is 43.3 Å². The molecule has 2 aliphatic rings. The van der Waals surface area contributed by atoms with Crippen LogP contribution in [0, 0.1) is 0 Å². The number of rotatable bonds is 9. The molecule has 0 aromatic carbocycles. The van der Waals surface area contributed by atoms with E-state index in [1.165, 1.54) is 44.9 Å². The first kappa shape index (κ1) is 41.4. The van der Waals surface area contributed by atoms with Crippen molar-refractivity contribution in [3.63, 3.8) is 0 Å². The molecule has 2 saturated heterocycles. The summed E-state index contributed by atoms with van der Waals surface area (Å²) < 4.78 is 0. The van der Waals surface area contributed by atoms with Crippen molar-refractivity contribution < 1.29 is 43.5 Å². The number of carboxylic acid groups (broad SMARTS) is 1. The van der Waals surface area contributed by atoms with Gasteiger partial charge in [0.2, 0.25) is 35.4 Å². The molecule has 286 valence electrons.